The Morgan fingerprint density at radius 1 is 1.69 bits per heavy atom. The number of piperazine rings is 1. The summed E-state index contributed by atoms with van der Waals surface area (Å²) in [6, 6.07) is 4.44. The molecule has 1 aromatic rings. The molecule has 1 aliphatic rings. The van der Waals surface area contributed by atoms with Crippen molar-refractivity contribution in [2.45, 2.75) is 13.0 Å². The fraction of sp³-hybridized carbons (Fsp3) is 0.455. The molecule has 2 rings (SSSR count). The van der Waals surface area contributed by atoms with Gasteiger partial charge in [0, 0.05) is 36.3 Å². The molecule has 1 atom stereocenters. The topological polar surface area (TPSA) is 52.0 Å². The summed E-state index contributed by atoms with van der Waals surface area (Å²) in [5, 5.41) is 12.5. The normalized spacial score (nSPS) is 20.6. The number of hydrogen-bond donors (Lipinski definition) is 1. The molecule has 1 N–H and O–H groups in total. The van der Waals surface area contributed by atoms with E-state index in [1.165, 1.54) is 0 Å². The minimum atomic E-state index is 0.436. The molecule has 1 aromatic heterocycles. The molecule has 1 fully saturated rings. The second-order valence-electron chi connectivity index (χ2n) is 3.94. The first-order valence-electron chi connectivity index (χ1n) is 5.24. The van der Waals surface area contributed by atoms with Crippen molar-refractivity contribution in [3.63, 3.8) is 0 Å². The number of hydrogen-bond acceptors (Lipinski definition) is 4. The van der Waals surface area contributed by atoms with Crippen LogP contribution in [0.3, 0.4) is 0 Å². The molecule has 16 heavy (non-hydrogen) atoms. The molecule has 0 radical (unpaired) electrons. The van der Waals surface area contributed by atoms with Crippen molar-refractivity contribution >= 4 is 21.7 Å². The lowest BCUT2D eigenvalue weighted by Gasteiger charge is -2.33. The van der Waals surface area contributed by atoms with E-state index in [2.05, 4.69) is 44.1 Å². The van der Waals surface area contributed by atoms with Crippen LogP contribution >= 0.6 is 15.9 Å². The SMILES string of the molecule is C[C@@H]1CN(c2ncc(Br)cc2C#N)CCN1. The number of nitrogens with one attached hydrogen (secondary N) is 1. The van der Waals surface area contributed by atoms with Crippen LogP contribution in [0.25, 0.3) is 0 Å². The minimum absolute atomic E-state index is 0.436. The molecule has 0 aromatic carbocycles. The summed E-state index contributed by atoms with van der Waals surface area (Å²) in [4.78, 5) is 6.49. The first kappa shape index (κ1) is 11.4. The molecule has 0 aliphatic carbocycles. The Balaban J connectivity index is 2.29. The second kappa shape index (κ2) is 4.81. The van der Waals surface area contributed by atoms with Crippen molar-refractivity contribution in [2.75, 3.05) is 24.5 Å². The largest absolute Gasteiger partial charge is 0.353 e. The molecule has 0 bridgehead atoms. The third-order valence-electron chi connectivity index (χ3n) is 2.62. The summed E-state index contributed by atoms with van der Waals surface area (Å²) in [6.07, 6.45) is 1.74. The molecular weight excluding hydrogens is 268 g/mol. The maximum atomic E-state index is 9.09. The van der Waals surface area contributed by atoms with Crippen molar-refractivity contribution in [1.82, 2.24) is 10.3 Å². The van der Waals surface area contributed by atoms with Crippen molar-refractivity contribution in [3.05, 3.63) is 22.3 Å². The van der Waals surface area contributed by atoms with Gasteiger partial charge < -0.3 is 10.2 Å². The van der Waals surface area contributed by atoms with Crippen LogP contribution in [-0.4, -0.2) is 30.7 Å². The smallest absolute Gasteiger partial charge is 0.146 e. The van der Waals surface area contributed by atoms with E-state index in [4.69, 9.17) is 5.26 Å². The summed E-state index contributed by atoms with van der Waals surface area (Å²) in [5.74, 6) is 0.791. The van der Waals surface area contributed by atoms with Gasteiger partial charge in [0.05, 0.1) is 5.56 Å². The maximum absolute atomic E-state index is 9.09. The maximum Gasteiger partial charge on any atom is 0.146 e. The van der Waals surface area contributed by atoms with Gasteiger partial charge in [0.15, 0.2) is 0 Å². The third-order valence-corrected chi connectivity index (χ3v) is 3.06. The molecule has 2 heterocycles. The van der Waals surface area contributed by atoms with Gasteiger partial charge in [-0.15, -0.1) is 0 Å². The van der Waals surface area contributed by atoms with Gasteiger partial charge in [-0.05, 0) is 28.9 Å². The predicted molar refractivity (Wildman–Crippen MR) is 66.3 cm³/mol. The number of pyridine rings is 1. The first-order chi connectivity index (χ1) is 7.70. The van der Waals surface area contributed by atoms with E-state index >= 15 is 0 Å². The van der Waals surface area contributed by atoms with E-state index < -0.39 is 0 Å². The van der Waals surface area contributed by atoms with Crippen LogP contribution in [0.5, 0.6) is 0 Å². The summed E-state index contributed by atoms with van der Waals surface area (Å²) in [7, 11) is 0. The van der Waals surface area contributed by atoms with Crippen LogP contribution in [0.2, 0.25) is 0 Å². The Kier molecular flexibility index (Phi) is 3.42. The van der Waals surface area contributed by atoms with E-state index in [0.717, 1.165) is 29.9 Å². The van der Waals surface area contributed by atoms with Crippen LogP contribution in [-0.2, 0) is 0 Å². The van der Waals surface area contributed by atoms with Crippen LogP contribution < -0.4 is 10.2 Å². The molecular formula is C11H13BrN4. The highest BCUT2D eigenvalue weighted by Gasteiger charge is 2.19. The highest BCUT2D eigenvalue weighted by molar-refractivity contribution is 9.10. The van der Waals surface area contributed by atoms with Gasteiger partial charge >= 0.3 is 0 Å². The number of halogens is 1. The minimum Gasteiger partial charge on any atom is -0.353 e. The molecule has 4 nitrogen and oxygen atoms in total. The van der Waals surface area contributed by atoms with Crippen LogP contribution in [0.15, 0.2) is 16.7 Å². The average Bonchev–Trinajstić information content (AvgIpc) is 2.28. The van der Waals surface area contributed by atoms with Crippen molar-refractivity contribution < 1.29 is 0 Å². The van der Waals surface area contributed by atoms with Gasteiger partial charge in [-0.2, -0.15) is 5.26 Å². The zero-order valence-corrected chi connectivity index (χ0v) is 10.7. The average molecular weight is 281 g/mol. The van der Waals surface area contributed by atoms with Crippen LogP contribution in [0.1, 0.15) is 12.5 Å². The lowest BCUT2D eigenvalue weighted by Crippen LogP contribution is -2.49. The standard InChI is InChI=1S/C11H13BrN4/c1-8-7-16(3-2-14-8)11-9(5-13)4-10(12)6-15-11/h4,6,8,14H,2-3,7H2,1H3/t8-/m1/s1. The molecule has 0 unspecified atom stereocenters. The zero-order valence-electron chi connectivity index (χ0n) is 9.07. The van der Waals surface area contributed by atoms with Gasteiger partial charge in [0.2, 0.25) is 0 Å². The van der Waals surface area contributed by atoms with Crippen molar-refractivity contribution in [3.8, 4) is 6.07 Å². The quantitative estimate of drug-likeness (QED) is 0.848. The molecule has 0 saturated carbocycles. The van der Waals surface area contributed by atoms with Gasteiger partial charge in [-0.1, -0.05) is 0 Å². The van der Waals surface area contributed by atoms with Crippen molar-refractivity contribution in [2.24, 2.45) is 0 Å². The fourth-order valence-corrected chi connectivity index (χ4v) is 2.22. The fourth-order valence-electron chi connectivity index (χ4n) is 1.89. The molecule has 1 aliphatic heterocycles. The van der Waals surface area contributed by atoms with E-state index in [9.17, 15) is 0 Å². The van der Waals surface area contributed by atoms with Gasteiger partial charge in [-0.25, -0.2) is 4.98 Å². The monoisotopic (exact) mass is 280 g/mol. The Bertz CT molecular complexity index is 426. The lowest BCUT2D eigenvalue weighted by molar-refractivity contribution is 0.482. The van der Waals surface area contributed by atoms with E-state index in [0.29, 0.717) is 11.6 Å². The predicted octanol–water partition coefficient (Wildman–Crippen LogP) is 1.51. The number of rotatable bonds is 1. The Morgan fingerprint density at radius 3 is 3.19 bits per heavy atom. The molecule has 0 amide bonds. The number of anilines is 1. The lowest BCUT2D eigenvalue weighted by atomic mass is 10.2. The Hall–Kier alpha value is -1.12. The summed E-state index contributed by atoms with van der Waals surface area (Å²) in [6.45, 7) is 4.86. The third kappa shape index (κ3) is 2.34. The molecule has 84 valence electrons. The molecule has 0 spiro atoms. The van der Waals surface area contributed by atoms with E-state index in [1.807, 2.05) is 6.07 Å². The van der Waals surface area contributed by atoms with E-state index in [1.54, 1.807) is 6.20 Å². The highest BCUT2D eigenvalue weighted by Crippen LogP contribution is 2.21. The van der Waals surface area contributed by atoms with E-state index in [-0.39, 0.29) is 0 Å². The first-order valence-corrected chi connectivity index (χ1v) is 6.04. The summed E-state index contributed by atoms with van der Waals surface area (Å²) >= 11 is 3.33. The van der Waals surface area contributed by atoms with Gasteiger partial charge in [0.25, 0.3) is 0 Å². The second-order valence-corrected chi connectivity index (χ2v) is 4.85. The molecule has 1 saturated heterocycles. The van der Waals surface area contributed by atoms with Crippen LogP contribution in [0.4, 0.5) is 5.82 Å². The number of nitriles is 1. The summed E-state index contributed by atoms with van der Waals surface area (Å²) < 4.78 is 0.844. The number of aromatic nitrogens is 1. The molecule has 5 heteroatoms. The van der Waals surface area contributed by atoms with Gasteiger partial charge in [-0.3, -0.25) is 0 Å². The highest BCUT2D eigenvalue weighted by atomic mass is 79.9. The Morgan fingerprint density at radius 2 is 2.50 bits per heavy atom. The number of nitrogens with zero attached hydrogens (tertiary/aromatic N) is 3. The van der Waals surface area contributed by atoms with Crippen LogP contribution in [0, 0.1) is 11.3 Å². The van der Waals surface area contributed by atoms with Gasteiger partial charge in [0.1, 0.15) is 11.9 Å². The summed E-state index contributed by atoms with van der Waals surface area (Å²) in [5.41, 5.74) is 0.628. The van der Waals surface area contributed by atoms with Crippen molar-refractivity contribution in [1.29, 1.82) is 5.26 Å². The zero-order chi connectivity index (χ0) is 11.5. The Labute approximate surface area is 103 Å².